The molecule has 0 radical (unpaired) electrons. The van der Waals surface area contributed by atoms with Gasteiger partial charge in [-0.05, 0) is 25.1 Å². The highest BCUT2D eigenvalue weighted by Gasteiger charge is 2.28. The van der Waals surface area contributed by atoms with Crippen molar-refractivity contribution >= 4 is 32.3 Å². The van der Waals surface area contributed by atoms with Crippen molar-refractivity contribution in [2.75, 3.05) is 7.11 Å². The van der Waals surface area contributed by atoms with Crippen molar-refractivity contribution in [1.82, 2.24) is 25.1 Å². The van der Waals surface area contributed by atoms with Crippen LogP contribution in [-0.2, 0) is 15.6 Å². The number of rotatable bonds is 6. The van der Waals surface area contributed by atoms with Crippen molar-refractivity contribution in [3.8, 4) is 28.5 Å². The van der Waals surface area contributed by atoms with Gasteiger partial charge in [0, 0.05) is 28.9 Å². The number of aryl methyl sites for hydroxylation is 1. The van der Waals surface area contributed by atoms with Crippen molar-refractivity contribution in [3.05, 3.63) is 76.5 Å². The van der Waals surface area contributed by atoms with Gasteiger partial charge in [0.1, 0.15) is 27.7 Å². The van der Waals surface area contributed by atoms with E-state index in [-0.39, 0.29) is 26.9 Å². The van der Waals surface area contributed by atoms with Crippen LogP contribution in [0.5, 0.6) is 5.88 Å². The summed E-state index contributed by atoms with van der Waals surface area (Å²) in [6.45, 7) is 1.56. The fraction of sp³-hybridized carbons (Fsp3) is 0.125. The fourth-order valence-corrected chi connectivity index (χ4v) is 5.67. The van der Waals surface area contributed by atoms with Gasteiger partial charge >= 0.3 is 0 Å². The first kappa shape index (κ1) is 24.8. The lowest BCUT2D eigenvalue weighted by Crippen LogP contribution is -2.11. The molecule has 3 aromatic heterocycles. The zero-order valence-electron chi connectivity index (χ0n) is 19.2. The van der Waals surface area contributed by atoms with Crippen molar-refractivity contribution in [2.24, 2.45) is 0 Å². The topological polar surface area (TPSA) is 114 Å². The number of aromatic nitrogens is 5. The van der Waals surface area contributed by atoms with Gasteiger partial charge in [0.25, 0.3) is 0 Å². The molecule has 8 nitrogen and oxygen atoms in total. The summed E-state index contributed by atoms with van der Waals surface area (Å²) >= 11 is 6.05. The van der Waals surface area contributed by atoms with E-state index in [0.717, 1.165) is 18.2 Å². The van der Waals surface area contributed by atoms with E-state index in [0.29, 0.717) is 22.6 Å². The van der Waals surface area contributed by atoms with E-state index in [2.05, 4.69) is 25.1 Å². The number of hydrogen-bond acceptors (Lipinski definition) is 6. The predicted octanol–water partition coefficient (Wildman–Crippen LogP) is 5.38. The Labute approximate surface area is 213 Å². The van der Waals surface area contributed by atoms with Gasteiger partial charge in [0.15, 0.2) is 21.5 Å². The number of fused-ring (bicyclic) bond motifs is 1. The molecule has 0 amide bonds. The number of benzene rings is 2. The molecule has 0 saturated carbocycles. The minimum absolute atomic E-state index is 0.0722. The molecule has 37 heavy (non-hydrogen) atoms. The van der Waals surface area contributed by atoms with E-state index in [1.807, 2.05) is 0 Å². The summed E-state index contributed by atoms with van der Waals surface area (Å²) < 4.78 is 77.3. The van der Waals surface area contributed by atoms with Crippen molar-refractivity contribution in [2.45, 2.75) is 17.6 Å². The molecule has 2 aromatic carbocycles. The van der Waals surface area contributed by atoms with Crippen LogP contribution in [0.25, 0.3) is 33.5 Å². The average Bonchev–Trinajstić information content (AvgIpc) is 3.54. The van der Waals surface area contributed by atoms with Gasteiger partial charge in [0.2, 0.25) is 5.88 Å². The Balaban J connectivity index is 1.60. The average molecular weight is 548 g/mol. The number of imidazole rings is 1. The van der Waals surface area contributed by atoms with Crippen LogP contribution >= 0.6 is 11.6 Å². The summed E-state index contributed by atoms with van der Waals surface area (Å²) in [7, 11) is -3.02. The highest BCUT2D eigenvalue weighted by atomic mass is 35.5. The van der Waals surface area contributed by atoms with Crippen LogP contribution in [0.3, 0.4) is 0 Å². The van der Waals surface area contributed by atoms with Gasteiger partial charge in [-0.2, -0.15) is 5.10 Å². The second-order valence-corrected chi connectivity index (χ2v) is 10.4. The molecule has 0 fully saturated rings. The number of sulfone groups is 1. The standard InChI is InChI=1S/C24H17ClF3N5O3S/c1-11-15(25)9-17(24(31-11)36-2)37(34,35)10-12-3-6-16(26)18(19(12)27)13-4-5-14-21(20(13)28)32-33-22(14)23-29-7-8-30-23/h3-9H,10H2,1-2H3,(H,29,30)(H,32,33). The van der Waals surface area contributed by atoms with E-state index in [9.17, 15) is 12.8 Å². The molecular formula is C24H17ClF3N5O3S. The number of ether oxygens (including phenoxy) is 1. The third-order valence-corrected chi connectivity index (χ3v) is 7.83. The normalized spacial score (nSPS) is 11.8. The van der Waals surface area contributed by atoms with Gasteiger partial charge < -0.3 is 9.72 Å². The molecule has 2 N–H and O–H groups in total. The molecule has 13 heteroatoms. The molecule has 0 unspecified atom stereocenters. The van der Waals surface area contributed by atoms with Crippen LogP contribution in [0.2, 0.25) is 5.02 Å². The number of aromatic amines is 2. The van der Waals surface area contributed by atoms with Gasteiger partial charge in [0.05, 0.1) is 29.1 Å². The third kappa shape index (κ3) is 4.21. The maximum Gasteiger partial charge on any atom is 0.232 e. The summed E-state index contributed by atoms with van der Waals surface area (Å²) in [5.41, 5.74) is -0.949. The zero-order valence-corrected chi connectivity index (χ0v) is 20.8. The van der Waals surface area contributed by atoms with Gasteiger partial charge in [-0.25, -0.2) is 31.6 Å². The summed E-state index contributed by atoms with van der Waals surface area (Å²) in [6, 6.07) is 5.67. The van der Waals surface area contributed by atoms with E-state index < -0.39 is 44.2 Å². The van der Waals surface area contributed by atoms with E-state index >= 15 is 8.78 Å². The smallest absolute Gasteiger partial charge is 0.232 e. The zero-order chi connectivity index (χ0) is 26.5. The van der Waals surface area contributed by atoms with Gasteiger partial charge in [-0.3, -0.25) is 5.10 Å². The summed E-state index contributed by atoms with van der Waals surface area (Å²) in [4.78, 5) is 10.6. The maximum absolute atomic E-state index is 15.6. The van der Waals surface area contributed by atoms with Gasteiger partial charge in [-0.15, -0.1) is 0 Å². The van der Waals surface area contributed by atoms with Crippen LogP contribution in [0.4, 0.5) is 13.2 Å². The predicted molar refractivity (Wildman–Crippen MR) is 130 cm³/mol. The Hall–Kier alpha value is -3.90. The molecule has 0 aliphatic heterocycles. The number of hydrogen-bond donors (Lipinski definition) is 2. The summed E-state index contributed by atoms with van der Waals surface area (Å²) in [5.74, 6) is -3.98. The molecule has 3 heterocycles. The van der Waals surface area contributed by atoms with E-state index in [1.165, 1.54) is 25.4 Å². The van der Waals surface area contributed by atoms with Crippen LogP contribution in [-0.4, -0.2) is 40.7 Å². The maximum atomic E-state index is 15.6. The first-order chi connectivity index (χ1) is 17.6. The molecule has 5 aromatic rings. The monoisotopic (exact) mass is 547 g/mol. The second-order valence-electron chi connectivity index (χ2n) is 8.08. The third-order valence-electron chi connectivity index (χ3n) is 5.80. The first-order valence-electron chi connectivity index (χ1n) is 10.7. The highest BCUT2D eigenvalue weighted by Crippen LogP contribution is 2.37. The number of pyridine rings is 1. The minimum Gasteiger partial charge on any atom is -0.480 e. The van der Waals surface area contributed by atoms with E-state index in [4.69, 9.17) is 16.3 Å². The lowest BCUT2D eigenvalue weighted by atomic mass is 9.99. The number of methoxy groups -OCH3 is 1. The Morgan fingerprint density at radius 2 is 1.89 bits per heavy atom. The first-order valence-corrected chi connectivity index (χ1v) is 12.7. The molecule has 0 spiro atoms. The highest BCUT2D eigenvalue weighted by molar-refractivity contribution is 7.90. The fourth-order valence-electron chi connectivity index (χ4n) is 3.97. The molecule has 0 atom stereocenters. The molecule has 0 saturated heterocycles. The van der Waals surface area contributed by atoms with Crippen LogP contribution in [0.15, 0.2) is 47.6 Å². The molecule has 5 rings (SSSR count). The number of nitrogens with one attached hydrogen (secondary N) is 2. The van der Waals surface area contributed by atoms with Crippen LogP contribution in [0, 0.1) is 24.4 Å². The van der Waals surface area contributed by atoms with Crippen molar-refractivity contribution < 1.29 is 26.3 Å². The second kappa shape index (κ2) is 9.20. The molecule has 0 aliphatic carbocycles. The molecule has 0 aliphatic rings. The SMILES string of the molecule is COc1nc(C)c(Cl)cc1S(=O)(=O)Cc1ccc(F)c(-c2ccc3c(-c4ncc[nH]4)[nH]nc3c2F)c1F. The number of H-pyrrole nitrogens is 2. The quantitative estimate of drug-likeness (QED) is 0.295. The van der Waals surface area contributed by atoms with Gasteiger partial charge in [-0.1, -0.05) is 23.7 Å². The number of halogens is 4. The molecule has 0 bridgehead atoms. The van der Waals surface area contributed by atoms with Crippen LogP contribution < -0.4 is 4.74 Å². The van der Waals surface area contributed by atoms with E-state index in [1.54, 1.807) is 13.1 Å². The van der Waals surface area contributed by atoms with Crippen molar-refractivity contribution in [3.63, 3.8) is 0 Å². The Morgan fingerprint density at radius 1 is 1.11 bits per heavy atom. The lowest BCUT2D eigenvalue weighted by molar-refractivity contribution is 0.384. The Bertz CT molecular complexity index is 1770. The molecular weight excluding hydrogens is 531 g/mol. The Morgan fingerprint density at radius 3 is 2.59 bits per heavy atom. The van der Waals surface area contributed by atoms with Crippen molar-refractivity contribution in [1.29, 1.82) is 0 Å². The Kier molecular flexibility index (Phi) is 6.16. The number of nitrogens with zero attached hydrogens (tertiary/aromatic N) is 3. The lowest BCUT2D eigenvalue weighted by Gasteiger charge is -2.13. The molecule has 190 valence electrons. The minimum atomic E-state index is -4.25. The largest absolute Gasteiger partial charge is 0.480 e. The van der Waals surface area contributed by atoms with Crippen LogP contribution in [0.1, 0.15) is 11.3 Å². The summed E-state index contributed by atoms with van der Waals surface area (Å²) in [5, 5.41) is 7.02. The summed E-state index contributed by atoms with van der Waals surface area (Å²) in [6.07, 6.45) is 3.08.